The average molecular weight is 118 g/mol. The van der Waals surface area contributed by atoms with Gasteiger partial charge in [0.1, 0.15) is 0 Å². The fraction of sp³-hybridized carbons (Fsp3) is 0.333. The van der Waals surface area contributed by atoms with Crippen LogP contribution in [0.2, 0.25) is 0 Å². The van der Waals surface area contributed by atoms with Gasteiger partial charge in [0.05, 0.1) is 0 Å². The van der Waals surface area contributed by atoms with Gasteiger partial charge in [-0.1, -0.05) is 30.9 Å². The van der Waals surface area contributed by atoms with Gasteiger partial charge in [0.2, 0.25) is 0 Å². The first kappa shape index (κ1) is 5.04. The van der Waals surface area contributed by atoms with Crippen LogP contribution in [0.15, 0.2) is 36.5 Å². The van der Waals surface area contributed by atoms with Crippen LogP contribution in [0.5, 0.6) is 0 Å². The Morgan fingerprint density at radius 2 is 2.33 bits per heavy atom. The van der Waals surface area contributed by atoms with Gasteiger partial charge in [-0.25, -0.2) is 0 Å². The van der Waals surface area contributed by atoms with Crippen LogP contribution in [-0.4, -0.2) is 0 Å². The molecule has 0 aliphatic heterocycles. The molecule has 9 heavy (non-hydrogen) atoms. The van der Waals surface area contributed by atoms with Crippen molar-refractivity contribution >= 4 is 0 Å². The van der Waals surface area contributed by atoms with E-state index in [4.69, 9.17) is 0 Å². The van der Waals surface area contributed by atoms with Gasteiger partial charge in [-0.3, -0.25) is 0 Å². The molecule has 2 rings (SSSR count). The lowest BCUT2D eigenvalue weighted by molar-refractivity contribution is 0.613. The first-order valence-electron chi connectivity index (χ1n) is 3.41. The topological polar surface area (TPSA) is 0 Å². The van der Waals surface area contributed by atoms with Crippen LogP contribution in [0.4, 0.5) is 0 Å². The van der Waals surface area contributed by atoms with E-state index in [2.05, 4.69) is 30.9 Å². The van der Waals surface area contributed by atoms with Crippen molar-refractivity contribution in [1.29, 1.82) is 0 Å². The molecule has 0 bridgehead atoms. The lowest BCUT2D eigenvalue weighted by Crippen LogP contribution is -1.98. The summed E-state index contributed by atoms with van der Waals surface area (Å²) < 4.78 is 0. The van der Waals surface area contributed by atoms with Gasteiger partial charge in [-0.05, 0) is 17.9 Å². The van der Waals surface area contributed by atoms with E-state index in [9.17, 15) is 0 Å². The molecule has 2 aliphatic rings. The predicted molar refractivity (Wildman–Crippen MR) is 39.0 cm³/mol. The SMILES string of the molecule is C=C1C=CC2CC=CC12. The summed E-state index contributed by atoms with van der Waals surface area (Å²) in [5.41, 5.74) is 1.29. The van der Waals surface area contributed by atoms with Crippen molar-refractivity contribution in [3.63, 3.8) is 0 Å². The highest BCUT2D eigenvalue weighted by atomic mass is 14.3. The molecule has 0 aromatic carbocycles. The molecule has 0 aromatic rings. The highest BCUT2D eigenvalue weighted by Crippen LogP contribution is 2.36. The molecule has 0 N–H and O–H groups in total. The number of hydrogen-bond acceptors (Lipinski definition) is 0. The number of rotatable bonds is 0. The third-order valence-electron chi connectivity index (χ3n) is 2.20. The van der Waals surface area contributed by atoms with Crippen molar-refractivity contribution in [3.05, 3.63) is 36.5 Å². The minimum Gasteiger partial charge on any atom is -0.0952 e. The minimum absolute atomic E-state index is 0.657. The fourth-order valence-electron chi connectivity index (χ4n) is 1.63. The molecule has 0 heterocycles. The Morgan fingerprint density at radius 1 is 1.44 bits per heavy atom. The quantitative estimate of drug-likeness (QED) is 0.428. The molecule has 0 nitrogen and oxygen atoms in total. The molecule has 0 fully saturated rings. The van der Waals surface area contributed by atoms with Crippen LogP contribution < -0.4 is 0 Å². The Balaban J connectivity index is 2.31. The highest BCUT2D eigenvalue weighted by Gasteiger charge is 2.25. The van der Waals surface area contributed by atoms with Gasteiger partial charge < -0.3 is 0 Å². The zero-order chi connectivity index (χ0) is 6.27. The van der Waals surface area contributed by atoms with Crippen LogP contribution in [0, 0.1) is 11.8 Å². The summed E-state index contributed by atoms with van der Waals surface area (Å²) in [4.78, 5) is 0. The Hall–Kier alpha value is -0.780. The molecule has 0 spiro atoms. The molecule has 0 aromatic heterocycles. The standard InChI is InChI=1S/C9H10/c1-7-5-6-8-3-2-4-9(7)8/h2,4-6,8-9H,1,3H2. The van der Waals surface area contributed by atoms with Crippen molar-refractivity contribution in [2.75, 3.05) is 0 Å². The molecular weight excluding hydrogens is 108 g/mol. The zero-order valence-corrected chi connectivity index (χ0v) is 5.38. The van der Waals surface area contributed by atoms with Gasteiger partial charge in [-0.2, -0.15) is 0 Å². The molecular formula is C9H10. The molecule has 0 amide bonds. The van der Waals surface area contributed by atoms with Gasteiger partial charge in [0.25, 0.3) is 0 Å². The smallest absolute Gasteiger partial charge is 0.00779 e. The van der Waals surface area contributed by atoms with E-state index >= 15 is 0 Å². The predicted octanol–water partition coefficient (Wildman–Crippen LogP) is 2.30. The van der Waals surface area contributed by atoms with E-state index < -0.39 is 0 Å². The van der Waals surface area contributed by atoms with Crippen LogP contribution in [0.3, 0.4) is 0 Å². The van der Waals surface area contributed by atoms with Crippen LogP contribution in [0.1, 0.15) is 6.42 Å². The summed E-state index contributed by atoms with van der Waals surface area (Å²) in [5.74, 6) is 1.42. The van der Waals surface area contributed by atoms with Gasteiger partial charge in [0.15, 0.2) is 0 Å². The van der Waals surface area contributed by atoms with E-state index in [1.165, 1.54) is 12.0 Å². The summed E-state index contributed by atoms with van der Waals surface area (Å²) >= 11 is 0. The molecule has 46 valence electrons. The van der Waals surface area contributed by atoms with Gasteiger partial charge in [-0.15, -0.1) is 0 Å². The Kier molecular flexibility index (Phi) is 0.895. The highest BCUT2D eigenvalue weighted by molar-refractivity contribution is 5.34. The lowest BCUT2D eigenvalue weighted by atomic mass is 9.97. The monoisotopic (exact) mass is 118 g/mol. The first-order chi connectivity index (χ1) is 4.38. The summed E-state index contributed by atoms with van der Waals surface area (Å²) in [6.45, 7) is 3.96. The largest absolute Gasteiger partial charge is 0.0952 e. The number of hydrogen-bond donors (Lipinski definition) is 0. The number of fused-ring (bicyclic) bond motifs is 1. The van der Waals surface area contributed by atoms with Crippen LogP contribution in [0.25, 0.3) is 0 Å². The molecule has 0 saturated heterocycles. The van der Waals surface area contributed by atoms with E-state index in [-0.39, 0.29) is 0 Å². The van der Waals surface area contributed by atoms with Crippen LogP contribution >= 0.6 is 0 Å². The third kappa shape index (κ3) is 0.593. The third-order valence-corrected chi connectivity index (χ3v) is 2.20. The Labute approximate surface area is 55.6 Å². The Morgan fingerprint density at radius 3 is 3.11 bits per heavy atom. The van der Waals surface area contributed by atoms with Crippen molar-refractivity contribution in [3.8, 4) is 0 Å². The molecule has 2 aliphatic carbocycles. The second-order valence-corrected chi connectivity index (χ2v) is 2.79. The van der Waals surface area contributed by atoms with Crippen molar-refractivity contribution in [2.24, 2.45) is 11.8 Å². The maximum atomic E-state index is 3.96. The molecule has 0 saturated carbocycles. The molecule has 0 heteroatoms. The van der Waals surface area contributed by atoms with E-state index in [0.717, 1.165) is 5.92 Å². The van der Waals surface area contributed by atoms with E-state index in [1.54, 1.807) is 0 Å². The maximum absolute atomic E-state index is 3.96. The van der Waals surface area contributed by atoms with E-state index in [1.807, 2.05) is 0 Å². The van der Waals surface area contributed by atoms with Crippen molar-refractivity contribution < 1.29 is 0 Å². The molecule has 2 unspecified atom stereocenters. The molecule has 0 radical (unpaired) electrons. The summed E-state index contributed by atoms with van der Waals surface area (Å²) in [5, 5.41) is 0. The fourth-order valence-corrected chi connectivity index (χ4v) is 1.63. The maximum Gasteiger partial charge on any atom is 0.00779 e. The average Bonchev–Trinajstić information content (AvgIpc) is 2.35. The zero-order valence-electron chi connectivity index (χ0n) is 5.38. The second kappa shape index (κ2) is 1.60. The summed E-state index contributed by atoms with van der Waals surface area (Å²) in [6, 6.07) is 0. The second-order valence-electron chi connectivity index (χ2n) is 2.79. The van der Waals surface area contributed by atoms with Gasteiger partial charge >= 0.3 is 0 Å². The van der Waals surface area contributed by atoms with Crippen molar-refractivity contribution in [2.45, 2.75) is 6.42 Å². The Bertz CT molecular complexity index is 196. The summed E-state index contributed by atoms with van der Waals surface area (Å²) in [6.07, 6.45) is 10.2. The van der Waals surface area contributed by atoms with Crippen molar-refractivity contribution in [1.82, 2.24) is 0 Å². The minimum atomic E-state index is 0.657. The first-order valence-corrected chi connectivity index (χ1v) is 3.41. The molecule has 2 atom stereocenters. The van der Waals surface area contributed by atoms with Crippen LogP contribution in [-0.2, 0) is 0 Å². The summed E-state index contributed by atoms with van der Waals surface area (Å²) in [7, 11) is 0. The van der Waals surface area contributed by atoms with Gasteiger partial charge in [0, 0.05) is 5.92 Å². The van der Waals surface area contributed by atoms with E-state index in [0.29, 0.717) is 5.92 Å². The number of allylic oxidation sites excluding steroid dienone is 5. The lowest BCUT2D eigenvalue weighted by Gasteiger charge is -2.06. The normalized spacial score (nSPS) is 38.0.